The molecule has 1 aliphatic carbocycles. The lowest BCUT2D eigenvalue weighted by molar-refractivity contribution is 0.476. The van der Waals surface area contributed by atoms with Gasteiger partial charge in [-0.25, -0.2) is 0 Å². The van der Waals surface area contributed by atoms with Crippen LogP contribution in [0.25, 0.3) is 0 Å². The van der Waals surface area contributed by atoms with E-state index in [0.29, 0.717) is 5.92 Å². The molecule has 1 aliphatic rings. The van der Waals surface area contributed by atoms with Gasteiger partial charge in [-0.05, 0) is 24.0 Å². The molecule has 1 aromatic rings. The Hall–Kier alpha value is -1.51. The largest absolute Gasteiger partial charge is 0.349 e. The molecule has 0 saturated heterocycles. The van der Waals surface area contributed by atoms with E-state index in [-0.39, 0.29) is 0 Å². The molecule has 0 N–H and O–H groups in total. The number of nitrogens with zero attached hydrogens (tertiary/aromatic N) is 3. The van der Waals surface area contributed by atoms with E-state index in [1.165, 1.54) is 24.0 Å². The number of hydrogen-bond donors (Lipinski definition) is 0. The van der Waals surface area contributed by atoms with E-state index < -0.39 is 0 Å². The number of hydrogen-bond acceptors (Lipinski definition) is 1. The maximum absolute atomic E-state index is 4.77. The molecular formula is C15H23N3. The van der Waals surface area contributed by atoms with Crippen molar-refractivity contribution in [3.63, 3.8) is 0 Å². The first kappa shape index (κ1) is 12.9. The fraction of sp³-hybridized carbons (Fsp3) is 0.533. The summed E-state index contributed by atoms with van der Waals surface area (Å²) in [6.45, 7) is 0.892. The highest BCUT2D eigenvalue weighted by molar-refractivity contribution is 5.79. The summed E-state index contributed by atoms with van der Waals surface area (Å²) in [5.41, 5.74) is 3.01. The fourth-order valence-corrected chi connectivity index (χ4v) is 2.71. The van der Waals surface area contributed by atoms with Crippen molar-refractivity contribution in [3.8, 4) is 0 Å². The molecular weight excluding hydrogens is 222 g/mol. The van der Waals surface area contributed by atoms with Crippen molar-refractivity contribution in [2.24, 2.45) is 4.99 Å². The second-order valence-corrected chi connectivity index (χ2v) is 5.36. The zero-order chi connectivity index (χ0) is 13.1. The summed E-state index contributed by atoms with van der Waals surface area (Å²) in [7, 11) is 8.17. The molecule has 3 nitrogen and oxygen atoms in total. The molecule has 0 aromatic heterocycles. The van der Waals surface area contributed by atoms with Gasteiger partial charge in [-0.3, -0.25) is 4.99 Å². The summed E-state index contributed by atoms with van der Waals surface area (Å²) in [5.74, 6) is 1.63. The Morgan fingerprint density at radius 2 is 1.83 bits per heavy atom. The Labute approximate surface area is 110 Å². The smallest absolute Gasteiger partial charge is 0.195 e. The quantitative estimate of drug-likeness (QED) is 0.587. The highest BCUT2D eigenvalue weighted by Gasteiger charge is 2.21. The van der Waals surface area contributed by atoms with Crippen molar-refractivity contribution in [1.82, 2.24) is 9.80 Å². The fourth-order valence-electron chi connectivity index (χ4n) is 2.71. The Morgan fingerprint density at radius 3 is 2.50 bits per heavy atom. The third-order valence-electron chi connectivity index (χ3n) is 3.51. The lowest BCUT2D eigenvalue weighted by Crippen LogP contribution is -2.35. The second kappa shape index (κ2) is 5.42. The van der Waals surface area contributed by atoms with Gasteiger partial charge in [0, 0.05) is 40.7 Å². The maximum atomic E-state index is 4.77. The highest BCUT2D eigenvalue weighted by atomic mass is 15.3. The Kier molecular flexibility index (Phi) is 3.90. The van der Waals surface area contributed by atoms with Gasteiger partial charge in [0.25, 0.3) is 0 Å². The minimum absolute atomic E-state index is 0.594. The zero-order valence-corrected chi connectivity index (χ0v) is 11.8. The Morgan fingerprint density at radius 1 is 1.17 bits per heavy atom. The molecule has 0 heterocycles. The van der Waals surface area contributed by atoms with Gasteiger partial charge in [-0.1, -0.05) is 24.3 Å². The van der Waals surface area contributed by atoms with Gasteiger partial charge in [-0.15, -0.1) is 0 Å². The third-order valence-corrected chi connectivity index (χ3v) is 3.51. The molecule has 3 heteroatoms. The molecule has 0 aliphatic heterocycles. The molecule has 1 atom stereocenters. The molecule has 0 spiro atoms. The van der Waals surface area contributed by atoms with Crippen LogP contribution in [0.1, 0.15) is 23.5 Å². The lowest BCUT2D eigenvalue weighted by Gasteiger charge is -2.23. The molecule has 1 aromatic carbocycles. The summed E-state index contributed by atoms with van der Waals surface area (Å²) in [6.07, 6.45) is 2.44. The first-order chi connectivity index (χ1) is 8.59. The molecule has 1 unspecified atom stereocenters. The Bertz CT molecular complexity index is 425. The van der Waals surface area contributed by atoms with Crippen molar-refractivity contribution in [3.05, 3.63) is 35.4 Å². The van der Waals surface area contributed by atoms with E-state index >= 15 is 0 Å². The molecule has 2 rings (SSSR count). The second-order valence-electron chi connectivity index (χ2n) is 5.36. The SMILES string of the molecule is CN(C)C(=NCC1CCc2ccccc21)N(C)C. The predicted octanol–water partition coefficient (Wildman–Crippen LogP) is 2.20. The summed E-state index contributed by atoms with van der Waals surface area (Å²) in [4.78, 5) is 8.91. The molecule has 0 amide bonds. The maximum Gasteiger partial charge on any atom is 0.195 e. The highest BCUT2D eigenvalue weighted by Crippen LogP contribution is 2.32. The van der Waals surface area contributed by atoms with E-state index in [4.69, 9.17) is 4.99 Å². The van der Waals surface area contributed by atoms with Gasteiger partial charge >= 0.3 is 0 Å². The van der Waals surface area contributed by atoms with E-state index in [2.05, 4.69) is 34.1 Å². The van der Waals surface area contributed by atoms with E-state index in [1.807, 2.05) is 28.2 Å². The van der Waals surface area contributed by atoms with Crippen LogP contribution < -0.4 is 0 Å². The molecule has 0 bridgehead atoms. The first-order valence-corrected chi connectivity index (χ1v) is 6.56. The van der Waals surface area contributed by atoms with Crippen molar-refractivity contribution in [2.75, 3.05) is 34.7 Å². The number of aliphatic imine (C=N–C) groups is 1. The van der Waals surface area contributed by atoms with Crippen molar-refractivity contribution < 1.29 is 0 Å². The van der Waals surface area contributed by atoms with Crippen LogP contribution in [0.15, 0.2) is 29.3 Å². The summed E-state index contributed by atoms with van der Waals surface area (Å²) in [6, 6.07) is 8.78. The number of fused-ring (bicyclic) bond motifs is 1. The van der Waals surface area contributed by atoms with Gasteiger partial charge in [0.15, 0.2) is 5.96 Å². The number of aryl methyl sites for hydroxylation is 1. The lowest BCUT2D eigenvalue weighted by atomic mass is 10.0. The van der Waals surface area contributed by atoms with Gasteiger partial charge < -0.3 is 9.80 Å². The van der Waals surface area contributed by atoms with Crippen LogP contribution in [0.3, 0.4) is 0 Å². The van der Waals surface area contributed by atoms with E-state index in [9.17, 15) is 0 Å². The van der Waals surface area contributed by atoms with Gasteiger partial charge in [0.1, 0.15) is 0 Å². The summed E-state index contributed by atoms with van der Waals surface area (Å²) >= 11 is 0. The number of benzene rings is 1. The summed E-state index contributed by atoms with van der Waals surface area (Å²) in [5, 5.41) is 0. The normalized spacial score (nSPS) is 17.2. The summed E-state index contributed by atoms with van der Waals surface area (Å²) < 4.78 is 0. The van der Waals surface area contributed by atoms with Crippen LogP contribution in [-0.2, 0) is 6.42 Å². The number of rotatable bonds is 2. The number of guanidine groups is 1. The topological polar surface area (TPSA) is 18.8 Å². The van der Waals surface area contributed by atoms with E-state index in [1.54, 1.807) is 0 Å². The molecule has 0 radical (unpaired) electrons. The van der Waals surface area contributed by atoms with Crippen molar-refractivity contribution >= 4 is 5.96 Å². The van der Waals surface area contributed by atoms with Gasteiger partial charge in [-0.2, -0.15) is 0 Å². The minimum Gasteiger partial charge on any atom is -0.349 e. The average Bonchev–Trinajstić information content (AvgIpc) is 2.72. The van der Waals surface area contributed by atoms with Crippen LogP contribution in [0, 0.1) is 0 Å². The van der Waals surface area contributed by atoms with Gasteiger partial charge in [0.05, 0.1) is 0 Å². The first-order valence-electron chi connectivity index (χ1n) is 6.56. The van der Waals surface area contributed by atoms with Crippen LogP contribution >= 0.6 is 0 Å². The van der Waals surface area contributed by atoms with Crippen molar-refractivity contribution in [1.29, 1.82) is 0 Å². The molecule has 0 saturated carbocycles. The molecule has 18 heavy (non-hydrogen) atoms. The Balaban J connectivity index is 2.10. The molecule has 0 fully saturated rings. The minimum atomic E-state index is 0.594. The van der Waals surface area contributed by atoms with Crippen LogP contribution in [0.5, 0.6) is 0 Å². The predicted molar refractivity (Wildman–Crippen MR) is 77.2 cm³/mol. The van der Waals surface area contributed by atoms with Crippen LogP contribution in [0.2, 0.25) is 0 Å². The standard InChI is InChI=1S/C15H23N3/c1-17(2)15(18(3)4)16-11-13-10-9-12-7-5-6-8-14(12)13/h5-8,13H,9-11H2,1-4H3. The monoisotopic (exact) mass is 245 g/mol. The van der Waals surface area contributed by atoms with Gasteiger partial charge in [0.2, 0.25) is 0 Å². The zero-order valence-electron chi connectivity index (χ0n) is 11.8. The van der Waals surface area contributed by atoms with Crippen LogP contribution in [0.4, 0.5) is 0 Å². The van der Waals surface area contributed by atoms with Crippen LogP contribution in [-0.4, -0.2) is 50.5 Å². The van der Waals surface area contributed by atoms with Crippen molar-refractivity contribution in [2.45, 2.75) is 18.8 Å². The van der Waals surface area contributed by atoms with E-state index in [0.717, 1.165) is 12.5 Å². The molecule has 98 valence electrons. The average molecular weight is 245 g/mol. The third kappa shape index (κ3) is 2.66.